The second kappa shape index (κ2) is 10.3. The molecule has 0 spiro atoms. The first kappa shape index (κ1) is 16.2. The second-order valence-electron chi connectivity index (χ2n) is 3.12. The molecule has 94 valence electrons. The van der Waals surface area contributed by atoms with Gasteiger partial charge in [-0.2, -0.15) is 18.2 Å². The molecule has 2 rings (SSSR count). The van der Waals surface area contributed by atoms with Crippen LogP contribution < -0.4 is 5.11 Å². The molecule has 2 nitrogen and oxygen atoms in total. The third kappa shape index (κ3) is 7.44. The van der Waals surface area contributed by atoms with Gasteiger partial charge in [0.2, 0.25) is 0 Å². The van der Waals surface area contributed by atoms with Gasteiger partial charge in [-0.15, -0.1) is 0 Å². The smallest absolute Gasteiger partial charge is 0.588 e. The number of allylic oxidation sites excluding steroid dienone is 7. The van der Waals surface area contributed by atoms with Gasteiger partial charge < -0.3 is 9.84 Å². The van der Waals surface area contributed by atoms with Crippen LogP contribution in [0.1, 0.15) is 0 Å². The predicted molar refractivity (Wildman–Crippen MR) is 67.8 cm³/mol. The van der Waals surface area contributed by atoms with Crippen LogP contribution in [0.5, 0.6) is 0 Å². The van der Waals surface area contributed by atoms with Gasteiger partial charge in [-0.1, -0.05) is 37.0 Å². The van der Waals surface area contributed by atoms with Gasteiger partial charge in [0.15, 0.2) is 0 Å². The number of ether oxygens (including phenoxy) is 1. The summed E-state index contributed by atoms with van der Waals surface area (Å²) in [5.41, 5.74) is 0.982. The molecule has 0 aliphatic heterocycles. The summed E-state index contributed by atoms with van der Waals surface area (Å²) in [6.45, 7) is 3.27. The maximum atomic E-state index is 10.8. The van der Waals surface area contributed by atoms with Crippen LogP contribution in [0.2, 0.25) is 0 Å². The zero-order chi connectivity index (χ0) is 12.3. The number of hydrogen-bond acceptors (Lipinski definition) is 2. The largest absolute Gasteiger partial charge is 2.00 e. The molecule has 0 bridgehead atoms. The summed E-state index contributed by atoms with van der Waals surface area (Å²) in [6.07, 6.45) is 11.8. The van der Waals surface area contributed by atoms with Gasteiger partial charge in [0.25, 0.3) is 0 Å². The van der Waals surface area contributed by atoms with Crippen molar-refractivity contribution in [2.75, 3.05) is 0 Å². The Balaban J connectivity index is 0.000000405. The van der Waals surface area contributed by atoms with Crippen molar-refractivity contribution in [3.63, 3.8) is 0 Å². The van der Waals surface area contributed by atoms with Crippen molar-refractivity contribution in [1.29, 1.82) is 0 Å². The Hall–Kier alpha value is -1.83. The van der Waals surface area contributed by atoms with Crippen molar-refractivity contribution in [2.24, 2.45) is 0 Å². The van der Waals surface area contributed by atoms with Crippen LogP contribution in [-0.4, -0.2) is 0 Å². The number of hydrogen-bond donors (Lipinski definition) is 0. The van der Waals surface area contributed by atoms with E-state index >= 15 is 0 Å². The monoisotopic (exact) mass is 282 g/mol. The molecule has 1 aromatic rings. The number of rotatable bonds is 3. The zero-order valence-electron chi connectivity index (χ0n) is 9.81. The molecule has 3 heteroatoms. The van der Waals surface area contributed by atoms with Crippen LogP contribution in [0.3, 0.4) is 0 Å². The molecule has 18 heavy (non-hydrogen) atoms. The molecule has 1 aliphatic rings. The van der Waals surface area contributed by atoms with Crippen LogP contribution >= 0.6 is 0 Å². The molecule has 0 fully saturated rings. The average Bonchev–Trinajstić information content (AvgIpc) is 3.03. The summed E-state index contributed by atoms with van der Waals surface area (Å²) in [4.78, 5) is 0. The molecule has 0 N–H and O–H groups in total. The van der Waals surface area contributed by atoms with E-state index in [9.17, 15) is 5.11 Å². The molecule has 0 heterocycles. The van der Waals surface area contributed by atoms with Gasteiger partial charge in [-0.3, -0.25) is 0 Å². The van der Waals surface area contributed by atoms with E-state index in [1.807, 2.05) is 54.6 Å². The average molecular weight is 282 g/mol. The predicted octanol–water partition coefficient (Wildman–Crippen LogP) is 2.80. The van der Waals surface area contributed by atoms with Crippen LogP contribution in [-0.2, 0) is 21.8 Å². The Morgan fingerprint density at radius 3 is 2.28 bits per heavy atom. The third-order valence-corrected chi connectivity index (χ3v) is 1.86. The van der Waals surface area contributed by atoms with E-state index in [2.05, 4.69) is 11.3 Å². The van der Waals surface area contributed by atoms with Crippen LogP contribution in [0.15, 0.2) is 91.1 Å². The fraction of sp³-hybridized carbons (Fsp3) is 0. The minimum absolute atomic E-state index is 0. The van der Waals surface area contributed by atoms with Gasteiger partial charge in [0, 0.05) is 0 Å². The maximum Gasteiger partial charge on any atom is 2.00 e. The van der Waals surface area contributed by atoms with E-state index in [0.717, 1.165) is 11.8 Å². The fourth-order valence-electron chi connectivity index (χ4n) is 1.11. The Morgan fingerprint density at radius 2 is 1.83 bits per heavy atom. The Morgan fingerprint density at radius 1 is 1.22 bits per heavy atom. The molecule has 0 atom stereocenters. The maximum absolute atomic E-state index is 10.8. The Bertz CT molecular complexity index is 406. The molecular formula is C15H14FeO2. The van der Waals surface area contributed by atoms with Crippen molar-refractivity contribution < 1.29 is 26.9 Å². The summed E-state index contributed by atoms with van der Waals surface area (Å²) in [5, 5.41) is 10.8. The van der Waals surface area contributed by atoms with Crippen molar-refractivity contribution in [2.45, 2.75) is 0 Å². The molecule has 0 saturated carbocycles. The van der Waals surface area contributed by atoms with Crippen LogP contribution in [0, 0.1) is 0 Å². The normalized spacial score (nSPS) is 12.2. The summed E-state index contributed by atoms with van der Waals surface area (Å²) < 4.78 is 4.48. The van der Waals surface area contributed by atoms with Gasteiger partial charge in [0.05, 0.1) is 5.95 Å². The van der Waals surface area contributed by atoms with E-state index in [4.69, 9.17) is 0 Å². The van der Waals surface area contributed by atoms with Gasteiger partial charge in [-0.25, -0.2) is 12.1 Å². The first-order valence-electron chi connectivity index (χ1n) is 5.21. The first-order chi connectivity index (χ1) is 8.33. The van der Waals surface area contributed by atoms with E-state index in [0.29, 0.717) is 0 Å². The topological polar surface area (TPSA) is 32.3 Å². The fourth-order valence-corrected chi connectivity index (χ4v) is 1.11. The molecular weight excluding hydrogens is 268 g/mol. The molecule has 1 aromatic carbocycles. The summed E-state index contributed by atoms with van der Waals surface area (Å²) >= 11 is 0. The second-order valence-corrected chi connectivity index (χ2v) is 3.12. The first-order valence-corrected chi connectivity index (χ1v) is 5.21. The molecule has 1 aliphatic carbocycles. The molecule has 0 unspecified atom stereocenters. The van der Waals surface area contributed by atoms with Gasteiger partial charge in [0.1, 0.15) is 0 Å². The van der Waals surface area contributed by atoms with Crippen molar-refractivity contribution in [3.05, 3.63) is 91.1 Å². The SMILES string of the molecule is C=COC([O-])=CC=C1C=CC=C1.[Fe+2].c1cc[cH-]c1. The van der Waals surface area contributed by atoms with Gasteiger partial charge in [-0.05, 0) is 17.9 Å². The minimum Gasteiger partial charge on any atom is -0.588 e. The summed E-state index contributed by atoms with van der Waals surface area (Å²) in [7, 11) is 0. The Labute approximate surface area is 118 Å². The molecule has 0 aromatic heterocycles. The molecule has 0 amide bonds. The quantitative estimate of drug-likeness (QED) is 0.485. The van der Waals surface area contributed by atoms with Crippen molar-refractivity contribution in [3.8, 4) is 0 Å². The Kier molecular flexibility index (Phi) is 9.28. The van der Waals surface area contributed by atoms with Crippen LogP contribution in [0.4, 0.5) is 0 Å². The van der Waals surface area contributed by atoms with Crippen LogP contribution in [0.25, 0.3) is 0 Å². The third-order valence-electron chi connectivity index (χ3n) is 1.86. The molecule has 0 saturated heterocycles. The van der Waals surface area contributed by atoms with E-state index < -0.39 is 5.95 Å². The standard InChI is InChI=1S/C10H10O2.C5H5.Fe/c1-2-12-10(11)8-7-9-5-3-4-6-9;1-2-4-5-3-1;/h2-8,11H,1H2;1-5H;/q;-1;+2/p-1. The zero-order valence-corrected chi connectivity index (χ0v) is 10.9. The van der Waals surface area contributed by atoms with E-state index in [-0.39, 0.29) is 17.1 Å². The van der Waals surface area contributed by atoms with Crippen molar-refractivity contribution >= 4 is 0 Å². The minimum atomic E-state index is -0.411. The van der Waals surface area contributed by atoms with Gasteiger partial charge >= 0.3 is 17.1 Å². The van der Waals surface area contributed by atoms with E-state index in [1.54, 1.807) is 6.08 Å². The molecule has 0 radical (unpaired) electrons. The van der Waals surface area contributed by atoms with Crippen molar-refractivity contribution in [1.82, 2.24) is 0 Å². The van der Waals surface area contributed by atoms with E-state index in [1.165, 1.54) is 6.08 Å². The summed E-state index contributed by atoms with van der Waals surface area (Å²) in [5.74, 6) is -0.411. The summed E-state index contributed by atoms with van der Waals surface area (Å²) in [6, 6.07) is 10.0.